The van der Waals surface area contributed by atoms with Crippen LogP contribution in [0.15, 0.2) is 0 Å². The van der Waals surface area contributed by atoms with E-state index in [0.29, 0.717) is 19.7 Å². The molecule has 1 fully saturated rings. The highest BCUT2D eigenvalue weighted by Crippen LogP contribution is 2.27. The van der Waals surface area contributed by atoms with Gasteiger partial charge in [0.05, 0.1) is 5.54 Å². The Hall–Kier alpha value is -0.770. The van der Waals surface area contributed by atoms with Crippen LogP contribution < -0.4 is 5.73 Å². The van der Waals surface area contributed by atoms with Crippen LogP contribution in [0, 0.1) is 0 Å². The van der Waals surface area contributed by atoms with E-state index < -0.39 is 0 Å². The minimum absolute atomic E-state index is 0.134. The second kappa shape index (κ2) is 3.96. The van der Waals surface area contributed by atoms with Gasteiger partial charge in [0.1, 0.15) is 6.61 Å². The molecule has 1 rings (SSSR count). The van der Waals surface area contributed by atoms with Crippen molar-refractivity contribution in [1.82, 2.24) is 4.90 Å². The van der Waals surface area contributed by atoms with E-state index in [4.69, 9.17) is 10.5 Å². The average Bonchev–Trinajstić information content (AvgIpc) is 2.40. The molecule has 0 aromatic heterocycles. The van der Waals surface area contributed by atoms with Crippen LogP contribution in [-0.4, -0.2) is 36.2 Å². The van der Waals surface area contributed by atoms with Crippen LogP contribution in [0.3, 0.4) is 0 Å². The Bertz CT molecular complexity index is 196. The number of hydrogen-bond donors (Lipinski definition) is 1. The van der Waals surface area contributed by atoms with Gasteiger partial charge in [0, 0.05) is 6.54 Å². The third-order valence-electron chi connectivity index (χ3n) is 2.61. The number of amides is 1. The van der Waals surface area contributed by atoms with E-state index in [0.717, 1.165) is 12.8 Å². The molecule has 13 heavy (non-hydrogen) atoms. The number of rotatable bonds is 4. The van der Waals surface area contributed by atoms with Crippen molar-refractivity contribution in [3.05, 3.63) is 0 Å². The van der Waals surface area contributed by atoms with Gasteiger partial charge in [-0.2, -0.15) is 0 Å². The Balaban J connectivity index is 2.60. The maximum Gasteiger partial charge on any atom is 0.410 e. The average molecular weight is 186 g/mol. The largest absolute Gasteiger partial charge is 0.447 e. The van der Waals surface area contributed by atoms with E-state index in [2.05, 4.69) is 6.92 Å². The molecule has 0 radical (unpaired) electrons. The summed E-state index contributed by atoms with van der Waals surface area (Å²) in [6, 6.07) is 0. The SMILES string of the molecule is CCN1C(=O)OCC1(C)CCCN. The second-order valence-electron chi connectivity index (χ2n) is 3.69. The number of likely N-dealkylation sites (N-methyl/N-ethyl adjacent to an activating group) is 1. The Morgan fingerprint density at radius 1 is 1.69 bits per heavy atom. The number of carbonyl (C=O) groups is 1. The fraction of sp³-hybridized carbons (Fsp3) is 0.889. The molecule has 1 aliphatic heterocycles. The van der Waals surface area contributed by atoms with Gasteiger partial charge in [0.2, 0.25) is 0 Å². The highest BCUT2D eigenvalue weighted by Gasteiger charge is 2.41. The lowest BCUT2D eigenvalue weighted by molar-refractivity contribution is 0.154. The summed E-state index contributed by atoms with van der Waals surface area (Å²) in [4.78, 5) is 13.0. The molecule has 2 N–H and O–H groups in total. The molecule has 0 saturated carbocycles. The fourth-order valence-corrected chi connectivity index (χ4v) is 1.79. The van der Waals surface area contributed by atoms with Crippen molar-refractivity contribution in [3.8, 4) is 0 Å². The summed E-state index contributed by atoms with van der Waals surface area (Å²) in [6.45, 7) is 5.89. The lowest BCUT2D eigenvalue weighted by Gasteiger charge is -2.30. The minimum Gasteiger partial charge on any atom is -0.447 e. The van der Waals surface area contributed by atoms with Gasteiger partial charge in [0.25, 0.3) is 0 Å². The van der Waals surface area contributed by atoms with E-state index in [-0.39, 0.29) is 11.6 Å². The van der Waals surface area contributed by atoms with Gasteiger partial charge < -0.3 is 10.5 Å². The van der Waals surface area contributed by atoms with E-state index in [1.165, 1.54) is 0 Å². The summed E-state index contributed by atoms with van der Waals surface area (Å²) in [7, 11) is 0. The van der Waals surface area contributed by atoms with Crippen LogP contribution in [0.25, 0.3) is 0 Å². The molecule has 0 spiro atoms. The third-order valence-corrected chi connectivity index (χ3v) is 2.61. The number of cyclic esters (lactones) is 1. The van der Waals surface area contributed by atoms with Crippen molar-refractivity contribution in [1.29, 1.82) is 0 Å². The first-order valence-electron chi connectivity index (χ1n) is 4.78. The monoisotopic (exact) mass is 186 g/mol. The number of nitrogens with two attached hydrogens (primary N) is 1. The molecule has 1 atom stereocenters. The smallest absolute Gasteiger partial charge is 0.410 e. The normalized spacial score (nSPS) is 27.9. The van der Waals surface area contributed by atoms with E-state index in [9.17, 15) is 4.79 Å². The van der Waals surface area contributed by atoms with Crippen molar-refractivity contribution in [2.75, 3.05) is 19.7 Å². The summed E-state index contributed by atoms with van der Waals surface area (Å²) in [5.41, 5.74) is 5.31. The molecule has 4 nitrogen and oxygen atoms in total. The Morgan fingerprint density at radius 3 is 2.92 bits per heavy atom. The van der Waals surface area contributed by atoms with Gasteiger partial charge in [0.15, 0.2) is 0 Å². The van der Waals surface area contributed by atoms with Crippen LogP contribution in [0.2, 0.25) is 0 Å². The maximum atomic E-state index is 11.3. The fourth-order valence-electron chi connectivity index (χ4n) is 1.79. The zero-order valence-corrected chi connectivity index (χ0v) is 8.38. The number of nitrogens with zero attached hydrogens (tertiary/aromatic N) is 1. The molecule has 1 heterocycles. The van der Waals surface area contributed by atoms with Crippen LogP contribution in [-0.2, 0) is 4.74 Å². The zero-order chi connectivity index (χ0) is 9.90. The lowest BCUT2D eigenvalue weighted by Crippen LogP contribution is -2.44. The van der Waals surface area contributed by atoms with Crippen molar-refractivity contribution in [2.45, 2.75) is 32.2 Å². The number of carbonyl (C=O) groups excluding carboxylic acids is 1. The Morgan fingerprint density at radius 2 is 2.38 bits per heavy atom. The standard InChI is InChI=1S/C9H18N2O2/c1-3-11-8(12)13-7-9(11,2)5-4-6-10/h3-7,10H2,1-2H3. The van der Waals surface area contributed by atoms with Crippen molar-refractivity contribution in [2.24, 2.45) is 5.73 Å². The zero-order valence-electron chi connectivity index (χ0n) is 8.38. The van der Waals surface area contributed by atoms with Crippen LogP contribution in [0.1, 0.15) is 26.7 Å². The topological polar surface area (TPSA) is 55.6 Å². The van der Waals surface area contributed by atoms with E-state index >= 15 is 0 Å². The first kappa shape index (κ1) is 10.3. The summed E-state index contributed by atoms with van der Waals surface area (Å²) in [6.07, 6.45) is 1.66. The molecule has 76 valence electrons. The van der Waals surface area contributed by atoms with Gasteiger partial charge in [-0.15, -0.1) is 0 Å². The molecule has 4 heteroatoms. The van der Waals surface area contributed by atoms with Crippen LogP contribution in [0.4, 0.5) is 4.79 Å². The molecule has 1 saturated heterocycles. The van der Waals surface area contributed by atoms with Crippen LogP contribution in [0.5, 0.6) is 0 Å². The third kappa shape index (κ3) is 1.94. The molecular formula is C9H18N2O2. The minimum atomic E-state index is -0.193. The molecule has 1 unspecified atom stereocenters. The van der Waals surface area contributed by atoms with Gasteiger partial charge >= 0.3 is 6.09 Å². The van der Waals surface area contributed by atoms with Crippen LogP contribution >= 0.6 is 0 Å². The molecular weight excluding hydrogens is 168 g/mol. The first-order chi connectivity index (χ1) is 6.14. The Labute approximate surface area is 79.0 Å². The summed E-state index contributed by atoms with van der Waals surface area (Å²) in [5.74, 6) is 0. The van der Waals surface area contributed by atoms with Crippen molar-refractivity contribution < 1.29 is 9.53 Å². The number of hydrogen-bond acceptors (Lipinski definition) is 3. The molecule has 1 aliphatic rings. The predicted molar refractivity (Wildman–Crippen MR) is 50.4 cm³/mol. The lowest BCUT2D eigenvalue weighted by atomic mass is 9.96. The van der Waals surface area contributed by atoms with Gasteiger partial charge in [-0.1, -0.05) is 0 Å². The summed E-state index contributed by atoms with van der Waals surface area (Å²) < 4.78 is 5.02. The van der Waals surface area contributed by atoms with E-state index in [1.54, 1.807) is 4.90 Å². The molecule has 0 aliphatic carbocycles. The van der Waals surface area contributed by atoms with Crippen molar-refractivity contribution >= 4 is 6.09 Å². The van der Waals surface area contributed by atoms with Gasteiger partial charge in [-0.05, 0) is 33.2 Å². The van der Waals surface area contributed by atoms with E-state index in [1.807, 2.05) is 6.92 Å². The molecule has 0 aromatic rings. The highest BCUT2D eigenvalue weighted by molar-refractivity contribution is 5.71. The molecule has 0 bridgehead atoms. The van der Waals surface area contributed by atoms with Crippen molar-refractivity contribution in [3.63, 3.8) is 0 Å². The number of ether oxygens (including phenoxy) is 1. The van der Waals surface area contributed by atoms with Gasteiger partial charge in [-0.3, -0.25) is 4.90 Å². The second-order valence-corrected chi connectivity index (χ2v) is 3.69. The Kier molecular flexibility index (Phi) is 3.14. The predicted octanol–water partition coefficient (Wildman–Crippen LogP) is 0.956. The highest BCUT2D eigenvalue weighted by atomic mass is 16.6. The summed E-state index contributed by atoms with van der Waals surface area (Å²) >= 11 is 0. The summed E-state index contributed by atoms with van der Waals surface area (Å²) in [5, 5.41) is 0. The molecule has 0 aromatic carbocycles. The molecule has 1 amide bonds. The maximum absolute atomic E-state index is 11.3. The quantitative estimate of drug-likeness (QED) is 0.711. The van der Waals surface area contributed by atoms with Gasteiger partial charge in [-0.25, -0.2) is 4.79 Å². The first-order valence-corrected chi connectivity index (χ1v) is 4.78.